The van der Waals surface area contributed by atoms with Crippen LogP contribution in [0.15, 0.2) is 42.5 Å². The van der Waals surface area contributed by atoms with Crippen LogP contribution in [0.2, 0.25) is 5.02 Å². The maximum Gasteiger partial charge on any atom is 0.270 e. The summed E-state index contributed by atoms with van der Waals surface area (Å²) in [5.41, 5.74) is 1.04. The van der Waals surface area contributed by atoms with Crippen LogP contribution in [-0.2, 0) is 4.79 Å². The maximum atomic E-state index is 12.5. The quantitative estimate of drug-likeness (QED) is 0.860. The van der Waals surface area contributed by atoms with Crippen LogP contribution in [0.3, 0.4) is 0 Å². The molecule has 0 saturated carbocycles. The molecule has 6 heteroatoms. The molecule has 2 rings (SSSR count). The molecule has 0 fully saturated rings. The number of nitrogens with zero attached hydrogens (tertiary/aromatic N) is 1. The summed E-state index contributed by atoms with van der Waals surface area (Å²) in [6.45, 7) is 5.37. The van der Waals surface area contributed by atoms with E-state index in [1.807, 2.05) is 18.2 Å². The second kappa shape index (κ2) is 7.66. The van der Waals surface area contributed by atoms with Gasteiger partial charge in [0.1, 0.15) is 5.69 Å². The van der Waals surface area contributed by atoms with Crippen molar-refractivity contribution in [2.24, 2.45) is 5.41 Å². The molecule has 1 aromatic carbocycles. The summed E-state index contributed by atoms with van der Waals surface area (Å²) >= 11 is 6.01. The molecular formula is C19H22ClN3O2. The third-order valence-corrected chi connectivity index (χ3v) is 4.58. The lowest BCUT2D eigenvalue weighted by Gasteiger charge is -2.30. The van der Waals surface area contributed by atoms with Crippen molar-refractivity contribution in [2.45, 2.75) is 26.8 Å². The first-order chi connectivity index (χ1) is 11.8. The SMILES string of the molecule is CNC(=O)C(C)(C)C(C)NC(=O)c1cccc(-c2cccc(Cl)c2)n1. The van der Waals surface area contributed by atoms with Gasteiger partial charge in [-0.3, -0.25) is 9.59 Å². The summed E-state index contributed by atoms with van der Waals surface area (Å²) in [5, 5.41) is 6.08. The summed E-state index contributed by atoms with van der Waals surface area (Å²) in [7, 11) is 1.58. The van der Waals surface area contributed by atoms with Crippen LogP contribution in [0.25, 0.3) is 11.3 Å². The van der Waals surface area contributed by atoms with Gasteiger partial charge >= 0.3 is 0 Å². The summed E-state index contributed by atoms with van der Waals surface area (Å²) < 4.78 is 0. The second-order valence-electron chi connectivity index (χ2n) is 6.41. The highest BCUT2D eigenvalue weighted by Gasteiger charge is 2.34. The van der Waals surface area contributed by atoms with E-state index in [0.717, 1.165) is 5.56 Å². The minimum atomic E-state index is -0.741. The molecule has 25 heavy (non-hydrogen) atoms. The van der Waals surface area contributed by atoms with Crippen LogP contribution in [0.1, 0.15) is 31.3 Å². The van der Waals surface area contributed by atoms with Gasteiger partial charge in [-0.05, 0) is 45.0 Å². The van der Waals surface area contributed by atoms with Crippen molar-refractivity contribution in [3.63, 3.8) is 0 Å². The predicted octanol–water partition coefficient (Wildman–Crippen LogP) is 3.29. The largest absolute Gasteiger partial charge is 0.359 e. The zero-order valence-electron chi connectivity index (χ0n) is 14.8. The molecule has 2 aromatic rings. The first-order valence-electron chi connectivity index (χ1n) is 8.01. The molecule has 0 saturated heterocycles. The van der Waals surface area contributed by atoms with Crippen molar-refractivity contribution in [2.75, 3.05) is 7.05 Å². The van der Waals surface area contributed by atoms with Gasteiger partial charge in [-0.2, -0.15) is 0 Å². The fraction of sp³-hybridized carbons (Fsp3) is 0.316. The van der Waals surface area contributed by atoms with E-state index in [1.54, 1.807) is 52.1 Å². The number of carbonyl (C=O) groups excluding carboxylic acids is 2. The molecule has 1 atom stereocenters. The highest BCUT2D eigenvalue weighted by molar-refractivity contribution is 6.30. The third kappa shape index (κ3) is 4.37. The molecule has 0 radical (unpaired) electrons. The topological polar surface area (TPSA) is 71.1 Å². The van der Waals surface area contributed by atoms with Crippen molar-refractivity contribution in [1.82, 2.24) is 15.6 Å². The van der Waals surface area contributed by atoms with Gasteiger partial charge in [0, 0.05) is 23.7 Å². The van der Waals surface area contributed by atoms with E-state index in [4.69, 9.17) is 11.6 Å². The monoisotopic (exact) mass is 359 g/mol. The molecule has 132 valence electrons. The van der Waals surface area contributed by atoms with Gasteiger partial charge in [0.05, 0.1) is 11.1 Å². The molecule has 0 aliphatic rings. The zero-order chi connectivity index (χ0) is 18.6. The van der Waals surface area contributed by atoms with E-state index in [2.05, 4.69) is 15.6 Å². The van der Waals surface area contributed by atoms with E-state index in [1.165, 1.54) is 0 Å². The molecule has 0 spiro atoms. The van der Waals surface area contributed by atoms with Crippen molar-refractivity contribution in [3.05, 3.63) is 53.2 Å². The Hall–Kier alpha value is -2.40. The Morgan fingerprint density at radius 2 is 1.84 bits per heavy atom. The first-order valence-corrected chi connectivity index (χ1v) is 8.39. The van der Waals surface area contributed by atoms with Gasteiger partial charge in [-0.15, -0.1) is 0 Å². The number of rotatable bonds is 5. The summed E-state index contributed by atoms with van der Waals surface area (Å²) in [5.74, 6) is -0.464. The second-order valence-corrected chi connectivity index (χ2v) is 6.85. The summed E-state index contributed by atoms with van der Waals surface area (Å²) in [6, 6.07) is 12.2. The smallest absolute Gasteiger partial charge is 0.270 e. The highest BCUT2D eigenvalue weighted by atomic mass is 35.5. The number of halogens is 1. The molecule has 0 aliphatic carbocycles. The lowest BCUT2D eigenvalue weighted by molar-refractivity contribution is -0.129. The van der Waals surface area contributed by atoms with Crippen LogP contribution in [0.5, 0.6) is 0 Å². The number of amides is 2. The summed E-state index contributed by atoms with van der Waals surface area (Å²) in [6.07, 6.45) is 0. The van der Waals surface area contributed by atoms with Gasteiger partial charge in [-0.1, -0.05) is 29.8 Å². The molecular weight excluding hydrogens is 338 g/mol. The van der Waals surface area contributed by atoms with E-state index in [9.17, 15) is 9.59 Å². The van der Waals surface area contributed by atoms with Crippen molar-refractivity contribution < 1.29 is 9.59 Å². The number of hydrogen-bond acceptors (Lipinski definition) is 3. The fourth-order valence-corrected chi connectivity index (χ4v) is 2.53. The Kier molecular flexibility index (Phi) is 5.80. The van der Waals surface area contributed by atoms with Crippen molar-refractivity contribution in [1.29, 1.82) is 0 Å². The van der Waals surface area contributed by atoms with Gasteiger partial charge < -0.3 is 10.6 Å². The number of carbonyl (C=O) groups is 2. The van der Waals surface area contributed by atoms with E-state index in [-0.39, 0.29) is 23.6 Å². The van der Waals surface area contributed by atoms with Crippen LogP contribution in [-0.4, -0.2) is 29.9 Å². The van der Waals surface area contributed by atoms with Gasteiger partial charge in [0.15, 0.2) is 0 Å². The van der Waals surface area contributed by atoms with Gasteiger partial charge in [0.2, 0.25) is 5.91 Å². The minimum Gasteiger partial charge on any atom is -0.359 e. The minimum absolute atomic E-state index is 0.138. The zero-order valence-corrected chi connectivity index (χ0v) is 15.5. The molecule has 5 nitrogen and oxygen atoms in total. The maximum absolute atomic E-state index is 12.5. The van der Waals surface area contributed by atoms with Crippen LogP contribution < -0.4 is 10.6 Å². The van der Waals surface area contributed by atoms with E-state index in [0.29, 0.717) is 10.7 Å². The number of hydrogen-bond donors (Lipinski definition) is 2. The normalized spacial score (nSPS) is 12.4. The average Bonchev–Trinajstić information content (AvgIpc) is 2.60. The first kappa shape index (κ1) is 18.9. The molecule has 1 heterocycles. The predicted molar refractivity (Wildman–Crippen MR) is 99.5 cm³/mol. The van der Waals surface area contributed by atoms with Crippen LogP contribution in [0, 0.1) is 5.41 Å². The lowest BCUT2D eigenvalue weighted by atomic mass is 9.84. The van der Waals surface area contributed by atoms with E-state index >= 15 is 0 Å². The Labute approximate surface area is 152 Å². The van der Waals surface area contributed by atoms with Crippen molar-refractivity contribution in [3.8, 4) is 11.3 Å². The number of benzene rings is 1. The highest BCUT2D eigenvalue weighted by Crippen LogP contribution is 2.22. The molecule has 0 bridgehead atoms. The Bertz CT molecular complexity index is 790. The molecule has 2 amide bonds. The standard InChI is InChI=1S/C19H22ClN3O2/c1-12(19(2,3)18(25)21-4)22-17(24)16-10-6-9-15(23-16)13-7-5-8-14(20)11-13/h5-12H,1-4H3,(H,21,25)(H,22,24). The number of aromatic nitrogens is 1. The van der Waals surface area contributed by atoms with Gasteiger partial charge in [-0.25, -0.2) is 4.98 Å². The van der Waals surface area contributed by atoms with E-state index < -0.39 is 5.41 Å². The van der Waals surface area contributed by atoms with Crippen LogP contribution >= 0.6 is 11.6 Å². The average molecular weight is 360 g/mol. The molecule has 2 N–H and O–H groups in total. The molecule has 1 unspecified atom stereocenters. The molecule has 0 aliphatic heterocycles. The lowest BCUT2D eigenvalue weighted by Crippen LogP contribution is -2.50. The Balaban J connectivity index is 2.20. The Morgan fingerprint density at radius 1 is 1.16 bits per heavy atom. The van der Waals surface area contributed by atoms with Gasteiger partial charge in [0.25, 0.3) is 5.91 Å². The number of pyridine rings is 1. The van der Waals surface area contributed by atoms with Crippen molar-refractivity contribution >= 4 is 23.4 Å². The number of nitrogens with one attached hydrogen (secondary N) is 2. The summed E-state index contributed by atoms with van der Waals surface area (Å²) in [4.78, 5) is 28.9. The molecule has 1 aromatic heterocycles. The third-order valence-electron chi connectivity index (χ3n) is 4.34. The Morgan fingerprint density at radius 3 is 2.48 bits per heavy atom. The fourth-order valence-electron chi connectivity index (χ4n) is 2.34. The van der Waals surface area contributed by atoms with Crippen LogP contribution in [0.4, 0.5) is 0 Å².